The third-order valence-electron chi connectivity index (χ3n) is 2.85. The van der Waals surface area contributed by atoms with Gasteiger partial charge in [0.15, 0.2) is 0 Å². The Bertz CT molecular complexity index is 525. The van der Waals surface area contributed by atoms with E-state index in [-0.39, 0.29) is 18.9 Å². The fourth-order valence-corrected chi connectivity index (χ4v) is 2.21. The monoisotopic (exact) mass is 354 g/mol. The average molecular weight is 355 g/mol. The van der Waals surface area contributed by atoms with Crippen molar-refractivity contribution in [2.45, 2.75) is 24.9 Å². The summed E-state index contributed by atoms with van der Waals surface area (Å²) in [6.45, 7) is 1.86. The summed E-state index contributed by atoms with van der Waals surface area (Å²) < 4.78 is 42.5. The smallest absolute Gasteiger partial charge is 0.416 e. The van der Waals surface area contributed by atoms with Crippen LogP contribution in [0.1, 0.15) is 24.5 Å². The highest BCUT2D eigenvalue weighted by atomic mass is 35.5. The number of ether oxygens (including phenoxy) is 1. The zero-order chi connectivity index (χ0) is 16.8. The molecule has 1 unspecified atom stereocenters. The Morgan fingerprint density at radius 3 is 2.36 bits per heavy atom. The van der Waals surface area contributed by atoms with E-state index in [1.807, 2.05) is 0 Å². The van der Waals surface area contributed by atoms with Crippen LogP contribution in [0.4, 0.5) is 13.2 Å². The highest BCUT2D eigenvalue weighted by molar-refractivity contribution is 6.30. The van der Waals surface area contributed by atoms with Crippen molar-refractivity contribution in [1.82, 2.24) is 0 Å². The van der Waals surface area contributed by atoms with Crippen LogP contribution in [-0.4, -0.2) is 23.8 Å². The van der Waals surface area contributed by atoms with E-state index in [0.29, 0.717) is 11.1 Å². The van der Waals surface area contributed by atoms with Gasteiger partial charge in [0.1, 0.15) is 5.38 Å². The van der Waals surface area contributed by atoms with Gasteiger partial charge in [0.05, 0.1) is 12.2 Å². The summed E-state index contributed by atoms with van der Waals surface area (Å²) >= 11 is 11.6. The van der Waals surface area contributed by atoms with Crippen molar-refractivity contribution >= 4 is 34.7 Å². The fraction of sp³-hybridized carbons (Fsp3) is 0.400. The standard InChI is InChI=1S/C15H15Cl2F3O2/c1-2-22-14(21)13(17)9-11(7-8-16)10-3-5-12(6-4-10)15(18,19)20/h3-7,13H,2,8-9H2,1H3/b11-7-. The van der Waals surface area contributed by atoms with Gasteiger partial charge >= 0.3 is 12.1 Å². The summed E-state index contributed by atoms with van der Waals surface area (Å²) in [5.74, 6) is -0.417. The molecule has 2 nitrogen and oxygen atoms in total. The number of hydrogen-bond acceptors (Lipinski definition) is 2. The molecule has 0 heterocycles. The average Bonchev–Trinajstić information content (AvgIpc) is 2.46. The van der Waals surface area contributed by atoms with Crippen LogP contribution in [-0.2, 0) is 15.7 Å². The summed E-state index contributed by atoms with van der Waals surface area (Å²) in [5, 5.41) is -0.920. The first-order chi connectivity index (χ1) is 10.3. The molecule has 1 atom stereocenters. The third kappa shape index (κ3) is 5.54. The van der Waals surface area contributed by atoms with E-state index in [0.717, 1.165) is 12.1 Å². The summed E-state index contributed by atoms with van der Waals surface area (Å²) in [5.41, 5.74) is 0.384. The van der Waals surface area contributed by atoms with E-state index in [9.17, 15) is 18.0 Å². The molecule has 7 heteroatoms. The molecule has 22 heavy (non-hydrogen) atoms. The molecule has 0 aliphatic rings. The van der Waals surface area contributed by atoms with Crippen LogP contribution in [0.5, 0.6) is 0 Å². The lowest BCUT2D eigenvalue weighted by molar-refractivity contribution is -0.142. The van der Waals surface area contributed by atoms with Gasteiger partial charge in [-0.05, 0) is 36.6 Å². The summed E-state index contributed by atoms with van der Waals surface area (Å²) in [6.07, 6.45) is -2.66. The molecule has 0 spiro atoms. The molecule has 0 N–H and O–H groups in total. The second kappa shape index (κ2) is 8.44. The van der Waals surface area contributed by atoms with Crippen LogP contribution in [0.2, 0.25) is 0 Å². The van der Waals surface area contributed by atoms with E-state index in [2.05, 4.69) is 0 Å². The second-order valence-electron chi connectivity index (χ2n) is 4.38. The molecular weight excluding hydrogens is 340 g/mol. The van der Waals surface area contributed by atoms with Gasteiger partial charge in [0.2, 0.25) is 0 Å². The lowest BCUT2D eigenvalue weighted by Gasteiger charge is -2.13. The number of hydrogen-bond donors (Lipinski definition) is 0. The number of allylic oxidation sites excluding steroid dienone is 2. The maximum Gasteiger partial charge on any atom is 0.416 e. The first-order valence-electron chi connectivity index (χ1n) is 6.53. The molecule has 0 amide bonds. The molecule has 0 aliphatic carbocycles. The first kappa shape index (κ1) is 18.8. The number of carbonyl (C=O) groups excluding carboxylic acids is 1. The fourth-order valence-electron chi connectivity index (χ4n) is 1.79. The SMILES string of the molecule is CCOC(=O)C(Cl)C/C(=C/CCl)c1ccc(C(F)(F)F)cc1. The number of alkyl halides is 5. The van der Waals surface area contributed by atoms with Crippen LogP contribution in [0.25, 0.3) is 5.57 Å². The molecule has 1 aromatic carbocycles. The number of carbonyl (C=O) groups is 1. The molecule has 1 aromatic rings. The van der Waals surface area contributed by atoms with Crippen molar-refractivity contribution in [2.75, 3.05) is 12.5 Å². The quantitative estimate of drug-likeness (QED) is 0.537. The predicted molar refractivity (Wildman–Crippen MR) is 81.0 cm³/mol. The third-order valence-corrected chi connectivity index (χ3v) is 3.33. The van der Waals surface area contributed by atoms with E-state index in [1.165, 1.54) is 12.1 Å². The molecule has 1 rings (SSSR count). The van der Waals surface area contributed by atoms with E-state index < -0.39 is 23.1 Å². The lowest BCUT2D eigenvalue weighted by atomic mass is 9.99. The topological polar surface area (TPSA) is 26.3 Å². The zero-order valence-corrected chi connectivity index (χ0v) is 13.3. The van der Waals surface area contributed by atoms with Crippen molar-refractivity contribution in [3.8, 4) is 0 Å². The first-order valence-corrected chi connectivity index (χ1v) is 7.50. The van der Waals surface area contributed by atoms with Crippen LogP contribution in [0, 0.1) is 0 Å². The molecule has 0 aromatic heterocycles. The second-order valence-corrected chi connectivity index (χ2v) is 5.22. The number of benzene rings is 1. The number of rotatable bonds is 6. The highest BCUT2D eigenvalue weighted by Gasteiger charge is 2.30. The molecule has 0 fully saturated rings. The molecular formula is C15H15Cl2F3O2. The number of halogens is 5. The van der Waals surface area contributed by atoms with E-state index >= 15 is 0 Å². The predicted octanol–water partition coefficient (Wildman–Crippen LogP) is 4.89. The van der Waals surface area contributed by atoms with E-state index in [4.69, 9.17) is 27.9 Å². The molecule has 122 valence electrons. The van der Waals surface area contributed by atoms with Crippen LogP contribution < -0.4 is 0 Å². The lowest BCUT2D eigenvalue weighted by Crippen LogP contribution is -2.18. The minimum Gasteiger partial charge on any atom is -0.465 e. The molecule has 0 saturated carbocycles. The molecule has 0 saturated heterocycles. The molecule has 0 radical (unpaired) electrons. The van der Waals surface area contributed by atoms with Crippen LogP contribution in [0.15, 0.2) is 30.3 Å². The van der Waals surface area contributed by atoms with Gasteiger partial charge in [-0.2, -0.15) is 13.2 Å². The van der Waals surface area contributed by atoms with Crippen molar-refractivity contribution in [3.05, 3.63) is 41.5 Å². The largest absolute Gasteiger partial charge is 0.465 e. The Labute approximate surface area is 136 Å². The number of esters is 1. The molecule has 0 bridgehead atoms. The van der Waals surface area contributed by atoms with E-state index in [1.54, 1.807) is 13.0 Å². The maximum atomic E-state index is 12.6. The van der Waals surface area contributed by atoms with Crippen LogP contribution in [0.3, 0.4) is 0 Å². The summed E-state index contributed by atoms with van der Waals surface area (Å²) in [4.78, 5) is 11.5. The van der Waals surface area contributed by atoms with Crippen LogP contribution >= 0.6 is 23.2 Å². The highest BCUT2D eigenvalue weighted by Crippen LogP contribution is 2.31. The van der Waals surface area contributed by atoms with Crippen molar-refractivity contribution in [2.24, 2.45) is 0 Å². The maximum absolute atomic E-state index is 12.6. The Hall–Kier alpha value is -1.20. The zero-order valence-electron chi connectivity index (χ0n) is 11.8. The Morgan fingerprint density at radius 1 is 1.32 bits per heavy atom. The minimum atomic E-state index is -4.39. The van der Waals surface area contributed by atoms with Gasteiger partial charge < -0.3 is 4.74 Å². The van der Waals surface area contributed by atoms with Gasteiger partial charge in [-0.1, -0.05) is 18.2 Å². The van der Waals surface area contributed by atoms with Crippen molar-refractivity contribution in [3.63, 3.8) is 0 Å². The Kier molecular flexibility index (Phi) is 7.23. The Morgan fingerprint density at radius 2 is 1.91 bits per heavy atom. The van der Waals surface area contributed by atoms with Gasteiger partial charge in [-0.15, -0.1) is 23.2 Å². The molecule has 0 aliphatic heterocycles. The summed E-state index contributed by atoms with van der Waals surface area (Å²) in [7, 11) is 0. The van der Waals surface area contributed by atoms with Gasteiger partial charge in [-0.25, -0.2) is 0 Å². The summed E-state index contributed by atoms with van der Waals surface area (Å²) in [6, 6.07) is 4.61. The van der Waals surface area contributed by atoms with Gasteiger partial charge in [-0.3, -0.25) is 4.79 Å². The van der Waals surface area contributed by atoms with Crippen molar-refractivity contribution in [1.29, 1.82) is 0 Å². The van der Waals surface area contributed by atoms with Gasteiger partial charge in [0.25, 0.3) is 0 Å². The minimum absolute atomic E-state index is 0.123. The van der Waals surface area contributed by atoms with Gasteiger partial charge in [0, 0.05) is 5.88 Å². The Balaban J connectivity index is 2.92. The normalized spacial score (nSPS) is 13.8. The van der Waals surface area contributed by atoms with Crippen molar-refractivity contribution < 1.29 is 22.7 Å².